The van der Waals surface area contributed by atoms with Gasteiger partial charge in [-0.05, 0) is 49.9 Å². The molecule has 1 amide bonds. The number of rotatable bonds is 4. The van der Waals surface area contributed by atoms with E-state index in [4.69, 9.17) is 0 Å². The number of aromatic nitrogens is 1. The molecule has 26 heavy (non-hydrogen) atoms. The van der Waals surface area contributed by atoms with Crippen LogP contribution in [0.5, 0.6) is 0 Å². The van der Waals surface area contributed by atoms with Crippen molar-refractivity contribution in [3.05, 3.63) is 59.9 Å². The van der Waals surface area contributed by atoms with E-state index in [0.29, 0.717) is 18.5 Å². The standard InChI is InChI=1S/C19H21N3O3S/c1-13-7-8-14(11-20-13)19(23)22-12-15-9-16(22)10-18(15)21-26(24,25)17-5-3-2-4-6-17/h2-8,11,15-16,18,21H,9-10,12H2,1H3. The third-order valence-electron chi connectivity index (χ3n) is 5.32. The van der Waals surface area contributed by atoms with Gasteiger partial charge in [-0.2, -0.15) is 0 Å². The Morgan fingerprint density at radius 2 is 1.92 bits per heavy atom. The maximum absolute atomic E-state index is 12.7. The molecule has 136 valence electrons. The lowest BCUT2D eigenvalue weighted by atomic mass is 10.0. The van der Waals surface area contributed by atoms with Crippen molar-refractivity contribution in [2.75, 3.05) is 6.54 Å². The Kier molecular flexibility index (Phi) is 4.28. The summed E-state index contributed by atoms with van der Waals surface area (Å²) in [4.78, 5) is 19.0. The Hall–Kier alpha value is -2.25. The number of nitrogens with one attached hydrogen (secondary N) is 1. The maximum Gasteiger partial charge on any atom is 0.255 e. The summed E-state index contributed by atoms with van der Waals surface area (Å²) in [6.45, 7) is 2.47. The SMILES string of the molecule is Cc1ccc(C(=O)N2CC3CC2CC3NS(=O)(=O)c2ccccc2)cn1. The maximum atomic E-state index is 12.7. The summed E-state index contributed by atoms with van der Waals surface area (Å²) >= 11 is 0. The Bertz CT molecular complexity index is 913. The van der Waals surface area contributed by atoms with E-state index in [2.05, 4.69) is 9.71 Å². The van der Waals surface area contributed by atoms with Gasteiger partial charge in [0, 0.05) is 30.5 Å². The van der Waals surface area contributed by atoms with Gasteiger partial charge in [0.1, 0.15) is 0 Å². The van der Waals surface area contributed by atoms with Crippen molar-refractivity contribution in [3.63, 3.8) is 0 Å². The van der Waals surface area contributed by atoms with E-state index in [1.807, 2.05) is 17.9 Å². The molecular formula is C19H21N3O3S. The van der Waals surface area contributed by atoms with E-state index >= 15 is 0 Å². The summed E-state index contributed by atoms with van der Waals surface area (Å²) in [5.41, 5.74) is 1.46. The van der Waals surface area contributed by atoms with Crippen LogP contribution in [0.2, 0.25) is 0 Å². The van der Waals surface area contributed by atoms with Gasteiger partial charge in [-0.25, -0.2) is 13.1 Å². The van der Waals surface area contributed by atoms with Crippen LogP contribution < -0.4 is 4.72 Å². The fourth-order valence-corrected chi connectivity index (χ4v) is 5.31. The minimum absolute atomic E-state index is 0.0191. The second kappa shape index (κ2) is 6.48. The highest BCUT2D eigenvalue weighted by Gasteiger charge is 2.47. The average Bonchev–Trinajstić information content (AvgIpc) is 3.22. The fraction of sp³-hybridized carbons (Fsp3) is 0.368. The number of benzene rings is 1. The van der Waals surface area contributed by atoms with Gasteiger partial charge >= 0.3 is 0 Å². The van der Waals surface area contributed by atoms with E-state index in [9.17, 15) is 13.2 Å². The molecular weight excluding hydrogens is 350 g/mol. The number of pyridine rings is 1. The highest BCUT2D eigenvalue weighted by Crippen LogP contribution is 2.39. The molecule has 3 unspecified atom stereocenters. The zero-order chi connectivity index (χ0) is 18.3. The van der Waals surface area contributed by atoms with Crippen LogP contribution in [-0.4, -0.2) is 42.8 Å². The fourth-order valence-electron chi connectivity index (χ4n) is 3.97. The number of nitrogens with zero attached hydrogens (tertiary/aromatic N) is 2. The van der Waals surface area contributed by atoms with Gasteiger partial charge in [0.15, 0.2) is 0 Å². The number of carbonyl (C=O) groups is 1. The quantitative estimate of drug-likeness (QED) is 0.891. The third kappa shape index (κ3) is 3.12. The summed E-state index contributed by atoms with van der Waals surface area (Å²) in [5.74, 6) is 0.134. The van der Waals surface area contributed by atoms with Gasteiger partial charge in [0.2, 0.25) is 10.0 Å². The van der Waals surface area contributed by atoms with E-state index in [0.717, 1.165) is 12.1 Å². The van der Waals surface area contributed by atoms with Crippen LogP contribution in [-0.2, 0) is 10.0 Å². The molecule has 1 aliphatic heterocycles. The first kappa shape index (κ1) is 17.2. The summed E-state index contributed by atoms with van der Waals surface area (Å²) < 4.78 is 27.9. The number of fused-ring (bicyclic) bond motifs is 2. The highest BCUT2D eigenvalue weighted by atomic mass is 32.2. The largest absolute Gasteiger partial charge is 0.335 e. The van der Waals surface area contributed by atoms with Crippen LogP contribution >= 0.6 is 0 Å². The molecule has 2 aliphatic rings. The lowest BCUT2D eigenvalue weighted by Crippen LogP contribution is -2.47. The number of sulfonamides is 1. The molecule has 4 rings (SSSR count). The van der Waals surface area contributed by atoms with Crippen molar-refractivity contribution in [3.8, 4) is 0 Å². The van der Waals surface area contributed by atoms with Gasteiger partial charge in [0.05, 0.1) is 10.5 Å². The molecule has 1 aromatic heterocycles. The van der Waals surface area contributed by atoms with Crippen molar-refractivity contribution in [2.45, 2.75) is 36.7 Å². The molecule has 1 aromatic carbocycles. The average molecular weight is 371 g/mol. The first-order chi connectivity index (χ1) is 12.4. The van der Waals surface area contributed by atoms with Gasteiger partial charge in [-0.15, -0.1) is 0 Å². The minimum Gasteiger partial charge on any atom is -0.335 e. The number of hydrogen-bond acceptors (Lipinski definition) is 4. The summed E-state index contributed by atoms with van der Waals surface area (Å²) in [6.07, 6.45) is 3.11. The topological polar surface area (TPSA) is 79.4 Å². The van der Waals surface area contributed by atoms with Crippen LogP contribution in [0.25, 0.3) is 0 Å². The van der Waals surface area contributed by atoms with Crippen LogP contribution in [0.1, 0.15) is 28.9 Å². The normalized spacial score (nSPS) is 24.8. The molecule has 6 nitrogen and oxygen atoms in total. The second-order valence-electron chi connectivity index (χ2n) is 7.07. The summed E-state index contributed by atoms with van der Waals surface area (Å²) in [6, 6.07) is 12.0. The Morgan fingerprint density at radius 3 is 2.54 bits per heavy atom. The van der Waals surface area contributed by atoms with Crippen LogP contribution in [0, 0.1) is 12.8 Å². The van der Waals surface area contributed by atoms with Crippen molar-refractivity contribution in [2.24, 2.45) is 5.92 Å². The highest BCUT2D eigenvalue weighted by molar-refractivity contribution is 7.89. The third-order valence-corrected chi connectivity index (χ3v) is 6.83. The Morgan fingerprint density at radius 1 is 1.15 bits per heavy atom. The van der Waals surface area contributed by atoms with Gasteiger partial charge in [-0.1, -0.05) is 18.2 Å². The minimum atomic E-state index is -3.52. The van der Waals surface area contributed by atoms with E-state index < -0.39 is 10.0 Å². The lowest BCUT2D eigenvalue weighted by molar-refractivity contribution is 0.0691. The van der Waals surface area contributed by atoms with Crippen LogP contribution in [0.4, 0.5) is 0 Å². The second-order valence-corrected chi connectivity index (χ2v) is 8.79. The van der Waals surface area contributed by atoms with Crippen molar-refractivity contribution < 1.29 is 13.2 Å². The van der Waals surface area contributed by atoms with Crippen LogP contribution in [0.15, 0.2) is 53.6 Å². The molecule has 3 atom stereocenters. The number of carbonyl (C=O) groups excluding carboxylic acids is 1. The van der Waals surface area contributed by atoms with Gasteiger partial charge in [0.25, 0.3) is 5.91 Å². The van der Waals surface area contributed by atoms with E-state index in [-0.39, 0.29) is 28.8 Å². The molecule has 0 radical (unpaired) electrons. The molecule has 1 saturated carbocycles. The van der Waals surface area contributed by atoms with Crippen molar-refractivity contribution in [1.82, 2.24) is 14.6 Å². The molecule has 1 saturated heterocycles. The van der Waals surface area contributed by atoms with E-state index in [1.165, 1.54) is 0 Å². The first-order valence-electron chi connectivity index (χ1n) is 8.75. The molecule has 2 fully saturated rings. The first-order valence-corrected chi connectivity index (χ1v) is 10.2. The number of amides is 1. The number of aryl methyl sites for hydroxylation is 1. The van der Waals surface area contributed by atoms with Gasteiger partial charge < -0.3 is 4.90 Å². The Labute approximate surface area is 153 Å². The number of piperidine rings is 1. The molecule has 2 aromatic rings. The van der Waals surface area contributed by atoms with Crippen molar-refractivity contribution >= 4 is 15.9 Å². The number of hydrogen-bond donors (Lipinski definition) is 1. The Balaban J connectivity index is 1.44. The zero-order valence-electron chi connectivity index (χ0n) is 14.5. The van der Waals surface area contributed by atoms with Crippen molar-refractivity contribution in [1.29, 1.82) is 0 Å². The lowest BCUT2D eigenvalue weighted by Gasteiger charge is -2.31. The monoisotopic (exact) mass is 371 g/mol. The molecule has 1 N–H and O–H groups in total. The molecule has 1 aliphatic carbocycles. The molecule has 7 heteroatoms. The smallest absolute Gasteiger partial charge is 0.255 e. The number of likely N-dealkylation sites (tertiary alicyclic amines) is 1. The molecule has 2 heterocycles. The molecule has 0 spiro atoms. The van der Waals surface area contributed by atoms with Gasteiger partial charge in [-0.3, -0.25) is 9.78 Å². The van der Waals surface area contributed by atoms with Crippen LogP contribution in [0.3, 0.4) is 0 Å². The molecule has 2 bridgehead atoms. The predicted octanol–water partition coefficient (Wildman–Crippen LogP) is 1.97. The summed E-state index contributed by atoms with van der Waals surface area (Å²) in [5, 5.41) is 0. The summed E-state index contributed by atoms with van der Waals surface area (Å²) in [7, 11) is -3.52. The zero-order valence-corrected chi connectivity index (χ0v) is 15.3. The predicted molar refractivity (Wildman–Crippen MR) is 97.1 cm³/mol. The van der Waals surface area contributed by atoms with E-state index in [1.54, 1.807) is 42.6 Å².